The first-order valence-electron chi connectivity index (χ1n) is 9.36. The van der Waals surface area contributed by atoms with Gasteiger partial charge in [-0.3, -0.25) is 9.59 Å². The van der Waals surface area contributed by atoms with Gasteiger partial charge in [0.25, 0.3) is 0 Å². The average Bonchev–Trinajstić information content (AvgIpc) is 2.61. The second-order valence-electron chi connectivity index (χ2n) is 6.75. The number of unbranched alkanes of at least 4 members (excludes halogenated alkanes) is 4. The maximum absolute atomic E-state index is 14.2. The van der Waals surface area contributed by atoms with Crippen molar-refractivity contribution in [3.05, 3.63) is 29.6 Å². The number of nitrogens with zero attached hydrogens (tertiary/aromatic N) is 2. The molecule has 0 N–H and O–H groups in total. The Kier molecular flexibility index (Phi) is 7.41. The molecule has 1 amide bonds. The van der Waals surface area contributed by atoms with Crippen LogP contribution in [0.1, 0.15) is 62.7 Å². The van der Waals surface area contributed by atoms with E-state index in [4.69, 9.17) is 0 Å². The van der Waals surface area contributed by atoms with Crippen LogP contribution in [-0.2, 0) is 4.79 Å². The lowest BCUT2D eigenvalue weighted by Crippen LogP contribution is -2.49. The summed E-state index contributed by atoms with van der Waals surface area (Å²) in [4.78, 5) is 27.4. The van der Waals surface area contributed by atoms with Crippen LogP contribution in [-0.4, -0.2) is 42.8 Å². The molecule has 1 aromatic rings. The number of hydrogen-bond donors (Lipinski definition) is 0. The summed E-state index contributed by atoms with van der Waals surface area (Å²) in [5.74, 6) is -0.299. The highest BCUT2D eigenvalue weighted by atomic mass is 19.1. The zero-order chi connectivity index (χ0) is 18.2. The molecule has 0 aromatic heterocycles. The summed E-state index contributed by atoms with van der Waals surface area (Å²) < 4.78 is 14.2. The Labute approximate surface area is 150 Å². The van der Waals surface area contributed by atoms with Crippen LogP contribution in [0.3, 0.4) is 0 Å². The van der Waals surface area contributed by atoms with Crippen LogP contribution < -0.4 is 4.90 Å². The topological polar surface area (TPSA) is 40.6 Å². The van der Waals surface area contributed by atoms with Gasteiger partial charge in [0.05, 0.1) is 5.69 Å². The van der Waals surface area contributed by atoms with Gasteiger partial charge in [-0.25, -0.2) is 4.39 Å². The molecule has 1 aliphatic rings. The van der Waals surface area contributed by atoms with Crippen LogP contribution in [0, 0.1) is 5.82 Å². The fraction of sp³-hybridized carbons (Fsp3) is 0.600. The Hall–Kier alpha value is -1.91. The zero-order valence-corrected chi connectivity index (χ0v) is 15.4. The number of piperazine rings is 1. The zero-order valence-electron chi connectivity index (χ0n) is 15.4. The molecule has 0 atom stereocenters. The standard InChI is InChI=1S/C20H29FN2O2/c1-3-4-5-6-7-8-20(25)23-13-11-22(12-14-23)19-10-9-17(16(2)24)15-18(19)21/h9-10,15H,3-8,11-14H2,1-2H3. The third kappa shape index (κ3) is 5.55. The van der Waals surface area contributed by atoms with E-state index in [1.165, 1.54) is 32.3 Å². The van der Waals surface area contributed by atoms with Gasteiger partial charge < -0.3 is 9.80 Å². The van der Waals surface area contributed by atoms with E-state index in [1.54, 1.807) is 12.1 Å². The molecule has 1 aromatic carbocycles. The van der Waals surface area contributed by atoms with Crippen molar-refractivity contribution in [3.63, 3.8) is 0 Å². The summed E-state index contributed by atoms with van der Waals surface area (Å²) in [5, 5.41) is 0. The molecule has 1 saturated heterocycles. The van der Waals surface area contributed by atoms with Gasteiger partial charge in [0, 0.05) is 38.2 Å². The summed E-state index contributed by atoms with van der Waals surface area (Å²) in [6.07, 6.45) is 6.34. The van der Waals surface area contributed by atoms with Crippen molar-refractivity contribution in [2.45, 2.75) is 52.4 Å². The molecule has 1 fully saturated rings. The fourth-order valence-corrected chi connectivity index (χ4v) is 3.22. The van der Waals surface area contributed by atoms with Crippen molar-refractivity contribution in [3.8, 4) is 0 Å². The number of carbonyl (C=O) groups is 2. The Morgan fingerprint density at radius 2 is 1.72 bits per heavy atom. The molecule has 5 heteroatoms. The van der Waals surface area contributed by atoms with Crippen LogP contribution in [0.25, 0.3) is 0 Å². The lowest BCUT2D eigenvalue weighted by Gasteiger charge is -2.36. The summed E-state index contributed by atoms with van der Waals surface area (Å²) in [7, 11) is 0. The molecular weight excluding hydrogens is 319 g/mol. The predicted octanol–water partition coefficient (Wildman–Crippen LogP) is 4.04. The smallest absolute Gasteiger partial charge is 0.222 e. The second-order valence-corrected chi connectivity index (χ2v) is 6.75. The molecule has 0 radical (unpaired) electrons. The highest BCUT2D eigenvalue weighted by Crippen LogP contribution is 2.22. The van der Waals surface area contributed by atoms with E-state index in [2.05, 4.69) is 6.92 Å². The van der Waals surface area contributed by atoms with Crippen molar-refractivity contribution in [2.24, 2.45) is 0 Å². The highest BCUT2D eigenvalue weighted by molar-refractivity contribution is 5.94. The van der Waals surface area contributed by atoms with Gasteiger partial charge in [0.2, 0.25) is 5.91 Å². The molecule has 25 heavy (non-hydrogen) atoms. The van der Waals surface area contributed by atoms with Crippen LogP contribution >= 0.6 is 0 Å². The number of rotatable bonds is 8. The Morgan fingerprint density at radius 1 is 1.04 bits per heavy atom. The van der Waals surface area contributed by atoms with E-state index >= 15 is 0 Å². The molecule has 0 saturated carbocycles. The van der Waals surface area contributed by atoms with E-state index in [0.717, 1.165) is 12.8 Å². The summed E-state index contributed by atoms with van der Waals surface area (Å²) >= 11 is 0. The van der Waals surface area contributed by atoms with Crippen LogP contribution in [0.2, 0.25) is 0 Å². The van der Waals surface area contributed by atoms with E-state index in [-0.39, 0.29) is 17.5 Å². The Morgan fingerprint density at radius 3 is 2.32 bits per heavy atom. The highest BCUT2D eigenvalue weighted by Gasteiger charge is 2.22. The number of halogens is 1. The van der Waals surface area contributed by atoms with E-state index < -0.39 is 0 Å². The lowest BCUT2D eigenvalue weighted by molar-refractivity contribution is -0.131. The van der Waals surface area contributed by atoms with Gasteiger partial charge in [-0.05, 0) is 31.5 Å². The number of Topliss-reactive ketones (excluding diaryl/α,β-unsaturated/α-hetero) is 1. The number of amides is 1. The van der Waals surface area contributed by atoms with E-state index in [9.17, 15) is 14.0 Å². The SMILES string of the molecule is CCCCCCCC(=O)N1CCN(c2ccc(C(C)=O)cc2F)CC1. The second kappa shape index (κ2) is 9.54. The van der Waals surface area contributed by atoms with Crippen LogP contribution in [0.4, 0.5) is 10.1 Å². The monoisotopic (exact) mass is 348 g/mol. The number of anilines is 1. The largest absolute Gasteiger partial charge is 0.366 e. The van der Waals surface area contributed by atoms with Gasteiger partial charge in [-0.2, -0.15) is 0 Å². The minimum atomic E-state index is -0.372. The van der Waals surface area contributed by atoms with Gasteiger partial charge in [-0.1, -0.05) is 32.6 Å². The quantitative estimate of drug-likeness (QED) is 0.526. The number of benzene rings is 1. The first-order valence-corrected chi connectivity index (χ1v) is 9.36. The molecule has 0 unspecified atom stereocenters. The molecule has 1 heterocycles. The third-order valence-electron chi connectivity index (χ3n) is 4.82. The Balaban J connectivity index is 1.81. The third-order valence-corrected chi connectivity index (χ3v) is 4.82. The number of ketones is 1. The normalized spacial score (nSPS) is 14.7. The molecule has 1 aliphatic heterocycles. The molecule has 2 rings (SSSR count). The number of hydrogen-bond acceptors (Lipinski definition) is 3. The fourth-order valence-electron chi connectivity index (χ4n) is 3.22. The van der Waals surface area contributed by atoms with E-state index in [1.807, 2.05) is 9.80 Å². The molecular formula is C20H29FN2O2. The van der Waals surface area contributed by atoms with Crippen LogP contribution in [0.5, 0.6) is 0 Å². The summed E-state index contributed by atoms with van der Waals surface area (Å²) in [5.41, 5.74) is 0.898. The van der Waals surface area contributed by atoms with Crippen molar-refractivity contribution in [1.29, 1.82) is 0 Å². The van der Waals surface area contributed by atoms with E-state index in [0.29, 0.717) is 43.9 Å². The average molecular weight is 348 g/mol. The van der Waals surface area contributed by atoms with Gasteiger partial charge in [-0.15, -0.1) is 0 Å². The summed E-state index contributed by atoms with van der Waals surface area (Å²) in [6.45, 7) is 6.11. The maximum atomic E-state index is 14.2. The minimum Gasteiger partial charge on any atom is -0.366 e. The molecule has 138 valence electrons. The predicted molar refractivity (Wildman–Crippen MR) is 98.6 cm³/mol. The molecule has 4 nitrogen and oxygen atoms in total. The van der Waals surface area contributed by atoms with Crippen molar-refractivity contribution in [2.75, 3.05) is 31.1 Å². The first-order chi connectivity index (χ1) is 12.0. The van der Waals surface area contributed by atoms with Crippen molar-refractivity contribution in [1.82, 2.24) is 4.90 Å². The number of carbonyl (C=O) groups excluding carboxylic acids is 2. The Bertz CT molecular complexity index is 595. The van der Waals surface area contributed by atoms with Crippen LogP contribution in [0.15, 0.2) is 18.2 Å². The van der Waals surface area contributed by atoms with Gasteiger partial charge in [0.15, 0.2) is 5.78 Å². The van der Waals surface area contributed by atoms with Crippen molar-refractivity contribution < 1.29 is 14.0 Å². The van der Waals surface area contributed by atoms with Crippen molar-refractivity contribution >= 4 is 17.4 Å². The summed E-state index contributed by atoms with van der Waals surface area (Å²) in [6, 6.07) is 4.62. The maximum Gasteiger partial charge on any atom is 0.222 e. The minimum absolute atomic E-state index is 0.139. The molecule has 0 bridgehead atoms. The first kappa shape index (κ1) is 19.4. The molecule has 0 aliphatic carbocycles. The van der Waals surface area contributed by atoms with Gasteiger partial charge in [0.1, 0.15) is 5.82 Å². The van der Waals surface area contributed by atoms with Gasteiger partial charge >= 0.3 is 0 Å². The lowest BCUT2D eigenvalue weighted by atomic mass is 10.1. The molecule has 0 spiro atoms.